The lowest BCUT2D eigenvalue weighted by Crippen LogP contribution is -2.17. The van der Waals surface area contributed by atoms with Gasteiger partial charge in [0.1, 0.15) is 5.75 Å². The molecule has 3 rings (SSSR count). The van der Waals surface area contributed by atoms with Crippen LogP contribution in [0.25, 0.3) is 5.69 Å². The number of halogens is 2. The van der Waals surface area contributed by atoms with Crippen molar-refractivity contribution in [2.75, 3.05) is 0 Å². The number of hydrazone groups is 1. The van der Waals surface area contributed by atoms with Gasteiger partial charge in [0.25, 0.3) is 5.91 Å². The van der Waals surface area contributed by atoms with Gasteiger partial charge in [-0.3, -0.25) is 4.79 Å². The van der Waals surface area contributed by atoms with E-state index in [0.717, 1.165) is 22.6 Å². The summed E-state index contributed by atoms with van der Waals surface area (Å²) in [6.07, 6.45) is 1.56. The smallest absolute Gasteiger partial charge is 0.275 e. The van der Waals surface area contributed by atoms with Gasteiger partial charge in [0.15, 0.2) is 0 Å². The number of aryl methyl sites for hydroxylation is 1. The quantitative estimate of drug-likeness (QED) is 0.483. The van der Waals surface area contributed by atoms with E-state index in [1.54, 1.807) is 30.5 Å². The molecule has 0 fully saturated rings. The van der Waals surface area contributed by atoms with Gasteiger partial charge in [-0.1, -0.05) is 35.3 Å². The molecule has 0 aliphatic rings. The van der Waals surface area contributed by atoms with E-state index in [9.17, 15) is 9.90 Å². The molecule has 1 aromatic heterocycles. The third kappa shape index (κ3) is 3.99. The standard InChI is InChI=1S/C20H17Cl2N3O2/c1-12-9-14(11-23-24-20(27)16-5-3-4-6-19(16)26)13(2)25(12)18-8-7-15(21)10-17(18)22/h3-11,26H,1-2H3,(H,24,27)/b23-11-. The molecule has 1 amide bonds. The number of carbonyl (C=O) groups excluding carboxylic acids is 1. The Balaban J connectivity index is 1.83. The lowest BCUT2D eigenvalue weighted by molar-refractivity contribution is 0.0952. The van der Waals surface area contributed by atoms with Gasteiger partial charge in [-0.2, -0.15) is 5.10 Å². The summed E-state index contributed by atoms with van der Waals surface area (Å²) in [5, 5.41) is 14.8. The largest absolute Gasteiger partial charge is 0.507 e. The predicted molar refractivity (Wildman–Crippen MR) is 108 cm³/mol. The van der Waals surface area contributed by atoms with Crippen LogP contribution in [0.3, 0.4) is 0 Å². The van der Waals surface area contributed by atoms with Crippen LogP contribution in [0.2, 0.25) is 10.0 Å². The Bertz CT molecular complexity index is 1040. The molecule has 0 atom stereocenters. The molecule has 138 valence electrons. The van der Waals surface area contributed by atoms with Crippen LogP contribution in [0.15, 0.2) is 53.6 Å². The number of nitrogens with one attached hydrogen (secondary N) is 1. The predicted octanol–water partition coefficient (Wildman–Crippen LogP) is 4.87. The van der Waals surface area contributed by atoms with Gasteiger partial charge < -0.3 is 9.67 Å². The Morgan fingerprint density at radius 2 is 1.89 bits per heavy atom. The maximum atomic E-state index is 12.1. The minimum absolute atomic E-state index is 0.0965. The molecule has 0 bridgehead atoms. The number of hydrogen-bond acceptors (Lipinski definition) is 3. The van der Waals surface area contributed by atoms with E-state index in [2.05, 4.69) is 10.5 Å². The van der Waals surface area contributed by atoms with Crippen molar-refractivity contribution in [1.29, 1.82) is 0 Å². The van der Waals surface area contributed by atoms with Crippen molar-refractivity contribution < 1.29 is 9.90 Å². The van der Waals surface area contributed by atoms with Crippen LogP contribution in [0.4, 0.5) is 0 Å². The number of aromatic nitrogens is 1. The monoisotopic (exact) mass is 401 g/mol. The molecular formula is C20H17Cl2N3O2. The first-order valence-electron chi connectivity index (χ1n) is 8.14. The van der Waals surface area contributed by atoms with Crippen molar-refractivity contribution in [3.63, 3.8) is 0 Å². The zero-order valence-electron chi connectivity index (χ0n) is 14.7. The molecule has 0 spiro atoms. The summed E-state index contributed by atoms with van der Waals surface area (Å²) < 4.78 is 1.99. The van der Waals surface area contributed by atoms with Gasteiger partial charge in [-0.15, -0.1) is 0 Å². The number of nitrogens with zero attached hydrogens (tertiary/aromatic N) is 2. The van der Waals surface area contributed by atoms with E-state index in [1.807, 2.05) is 30.5 Å². The average molecular weight is 402 g/mol. The molecular weight excluding hydrogens is 385 g/mol. The molecule has 0 radical (unpaired) electrons. The summed E-state index contributed by atoms with van der Waals surface area (Å²) in [6.45, 7) is 3.89. The zero-order valence-corrected chi connectivity index (χ0v) is 16.2. The number of aromatic hydroxyl groups is 1. The number of phenolic OH excluding ortho intramolecular Hbond substituents is 1. The lowest BCUT2D eigenvalue weighted by atomic mass is 10.2. The van der Waals surface area contributed by atoms with Crippen molar-refractivity contribution in [2.45, 2.75) is 13.8 Å². The highest BCUT2D eigenvalue weighted by molar-refractivity contribution is 6.35. The first-order chi connectivity index (χ1) is 12.9. The number of carbonyl (C=O) groups is 1. The third-order valence-corrected chi connectivity index (χ3v) is 4.68. The van der Waals surface area contributed by atoms with Gasteiger partial charge in [0.2, 0.25) is 0 Å². The fourth-order valence-corrected chi connectivity index (χ4v) is 3.33. The highest BCUT2D eigenvalue weighted by atomic mass is 35.5. The summed E-state index contributed by atoms with van der Waals surface area (Å²) in [5.74, 6) is -0.584. The van der Waals surface area contributed by atoms with Gasteiger partial charge in [0, 0.05) is 22.0 Å². The summed E-state index contributed by atoms with van der Waals surface area (Å²) in [5.41, 5.74) is 6.10. The second kappa shape index (κ2) is 7.86. The molecule has 1 heterocycles. The van der Waals surface area contributed by atoms with Crippen LogP contribution >= 0.6 is 23.2 Å². The SMILES string of the molecule is Cc1cc(/C=N\NC(=O)c2ccccc2O)c(C)n1-c1ccc(Cl)cc1Cl. The van der Waals surface area contributed by atoms with Crippen LogP contribution in [0.5, 0.6) is 5.75 Å². The highest BCUT2D eigenvalue weighted by Crippen LogP contribution is 2.28. The van der Waals surface area contributed by atoms with Gasteiger partial charge >= 0.3 is 0 Å². The van der Waals surface area contributed by atoms with Crippen LogP contribution in [0, 0.1) is 13.8 Å². The fraction of sp³-hybridized carbons (Fsp3) is 0.100. The van der Waals surface area contributed by atoms with E-state index in [1.165, 1.54) is 12.1 Å². The molecule has 0 unspecified atom stereocenters. The first-order valence-corrected chi connectivity index (χ1v) is 8.90. The highest BCUT2D eigenvalue weighted by Gasteiger charge is 2.13. The number of hydrogen-bond donors (Lipinski definition) is 2. The number of benzene rings is 2. The summed E-state index contributed by atoms with van der Waals surface area (Å²) in [7, 11) is 0. The maximum Gasteiger partial charge on any atom is 0.275 e. The van der Waals surface area contributed by atoms with Gasteiger partial charge in [0.05, 0.1) is 22.5 Å². The number of para-hydroxylation sites is 1. The van der Waals surface area contributed by atoms with E-state index < -0.39 is 5.91 Å². The van der Waals surface area contributed by atoms with Crippen molar-refractivity contribution in [1.82, 2.24) is 9.99 Å². The molecule has 2 aromatic carbocycles. The van der Waals surface area contributed by atoms with Crippen molar-refractivity contribution in [3.8, 4) is 11.4 Å². The summed E-state index contributed by atoms with van der Waals surface area (Å²) >= 11 is 12.3. The summed E-state index contributed by atoms with van der Waals surface area (Å²) in [6, 6.07) is 13.5. The Labute approximate surface area is 166 Å². The lowest BCUT2D eigenvalue weighted by Gasteiger charge is -2.11. The minimum Gasteiger partial charge on any atom is -0.507 e. The van der Waals surface area contributed by atoms with Crippen LogP contribution in [-0.2, 0) is 0 Å². The molecule has 5 nitrogen and oxygen atoms in total. The van der Waals surface area contributed by atoms with E-state index >= 15 is 0 Å². The van der Waals surface area contributed by atoms with Gasteiger partial charge in [-0.25, -0.2) is 5.43 Å². The Morgan fingerprint density at radius 3 is 2.59 bits per heavy atom. The minimum atomic E-state index is -0.487. The Morgan fingerprint density at radius 1 is 1.15 bits per heavy atom. The van der Waals surface area contributed by atoms with Crippen molar-refractivity contribution in [3.05, 3.63) is 81.1 Å². The zero-order chi connectivity index (χ0) is 19.6. The number of phenols is 1. The van der Waals surface area contributed by atoms with E-state index in [4.69, 9.17) is 23.2 Å². The average Bonchev–Trinajstić information content (AvgIpc) is 2.89. The molecule has 0 aliphatic heterocycles. The summed E-state index contributed by atoms with van der Waals surface area (Å²) in [4.78, 5) is 12.1. The number of rotatable bonds is 4. The number of amides is 1. The molecule has 3 aromatic rings. The molecule has 0 saturated heterocycles. The van der Waals surface area contributed by atoms with Crippen LogP contribution in [-0.4, -0.2) is 21.8 Å². The van der Waals surface area contributed by atoms with E-state index in [-0.39, 0.29) is 11.3 Å². The third-order valence-electron chi connectivity index (χ3n) is 4.14. The van der Waals surface area contributed by atoms with E-state index in [0.29, 0.717) is 10.0 Å². The van der Waals surface area contributed by atoms with Crippen LogP contribution < -0.4 is 5.43 Å². The Hall–Kier alpha value is -2.76. The van der Waals surface area contributed by atoms with Gasteiger partial charge in [-0.05, 0) is 50.2 Å². The molecule has 7 heteroatoms. The first kappa shape index (κ1) is 19.0. The van der Waals surface area contributed by atoms with Crippen molar-refractivity contribution in [2.24, 2.45) is 5.10 Å². The molecule has 27 heavy (non-hydrogen) atoms. The molecule has 2 N–H and O–H groups in total. The second-order valence-electron chi connectivity index (χ2n) is 5.97. The second-order valence-corrected chi connectivity index (χ2v) is 6.82. The van der Waals surface area contributed by atoms with Crippen molar-refractivity contribution >= 4 is 35.3 Å². The molecule has 0 aliphatic carbocycles. The maximum absolute atomic E-state index is 12.1. The van der Waals surface area contributed by atoms with Crippen LogP contribution in [0.1, 0.15) is 27.3 Å². The molecule has 0 saturated carbocycles. The fourth-order valence-electron chi connectivity index (χ4n) is 2.84. The topological polar surface area (TPSA) is 66.6 Å². The normalized spacial score (nSPS) is 11.1. The Kier molecular flexibility index (Phi) is 5.54.